The van der Waals surface area contributed by atoms with E-state index in [1.54, 1.807) is 0 Å². The van der Waals surface area contributed by atoms with Crippen molar-refractivity contribution in [3.8, 4) is 0 Å². The monoisotopic (exact) mass is 144 g/mol. The predicted octanol–water partition coefficient (Wildman–Crippen LogP) is -1.25. The van der Waals surface area contributed by atoms with Crippen molar-refractivity contribution < 1.29 is 14.3 Å². The maximum Gasteiger partial charge on any atom is 0.344 e. The van der Waals surface area contributed by atoms with Gasteiger partial charge in [-0.05, 0) is 6.92 Å². The normalized spacial score (nSPS) is 6.44. The third-order valence-electron chi connectivity index (χ3n) is 0.645. The summed E-state index contributed by atoms with van der Waals surface area (Å²) in [6.45, 7) is 1.35. The molecule has 0 saturated heterocycles. The maximum atomic E-state index is 10.2. The molecule has 50 valence electrons. The number of hydrogen-bond donors (Lipinski definition) is 0. The van der Waals surface area contributed by atoms with Gasteiger partial charge in [0.25, 0.3) is 0 Å². The second-order valence-corrected chi connectivity index (χ2v) is 1.22. The highest BCUT2D eigenvalue weighted by atomic mass is 27.0. The minimum Gasteiger partial charge on any atom is -0.465 e. The molecule has 0 aliphatic rings. The SMILES string of the molecule is COC(=O)C(C)=C=O.[AlH3]. The molecule has 0 aliphatic carbocycles. The van der Waals surface area contributed by atoms with E-state index in [1.165, 1.54) is 20.0 Å². The number of hydrogen-bond acceptors (Lipinski definition) is 3. The largest absolute Gasteiger partial charge is 0.465 e. The van der Waals surface area contributed by atoms with Gasteiger partial charge in [0, 0.05) is 0 Å². The van der Waals surface area contributed by atoms with Gasteiger partial charge in [0.1, 0.15) is 11.5 Å². The average molecular weight is 144 g/mol. The molecule has 4 heteroatoms. The first-order valence-electron chi connectivity index (χ1n) is 2.02. The Balaban J connectivity index is 0. The van der Waals surface area contributed by atoms with Crippen LogP contribution in [-0.4, -0.2) is 36.4 Å². The highest BCUT2D eigenvalue weighted by Gasteiger charge is 2.00. The van der Waals surface area contributed by atoms with Gasteiger partial charge >= 0.3 is 5.97 Å². The Bertz CT molecular complexity index is 146. The molecule has 0 radical (unpaired) electrons. The van der Waals surface area contributed by atoms with Crippen LogP contribution in [0.5, 0.6) is 0 Å². The van der Waals surface area contributed by atoms with Gasteiger partial charge in [-0.1, -0.05) is 0 Å². The van der Waals surface area contributed by atoms with Crippen LogP contribution in [0.25, 0.3) is 0 Å². The molecule has 0 unspecified atom stereocenters. The Morgan fingerprint density at radius 1 is 1.56 bits per heavy atom. The predicted molar refractivity (Wildman–Crippen MR) is 36.8 cm³/mol. The molecule has 0 atom stereocenters. The van der Waals surface area contributed by atoms with Gasteiger partial charge < -0.3 is 4.74 Å². The fraction of sp³-hybridized carbons (Fsp3) is 0.400. The first kappa shape index (κ1) is 11.3. The number of carbonyl (C=O) groups excluding carboxylic acids is 2. The van der Waals surface area contributed by atoms with E-state index in [-0.39, 0.29) is 22.9 Å². The molecule has 9 heavy (non-hydrogen) atoms. The zero-order valence-electron chi connectivity index (χ0n) is 4.72. The van der Waals surface area contributed by atoms with Crippen molar-refractivity contribution in [3.05, 3.63) is 5.57 Å². The summed E-state index contributed by atoms with van der Waals surface area (Å²) in [4.78, 5) is 19.9. The highest BCUT2D eigenvalue weighted by Crippen LogP contribution is 1.86. The highest BCUT2D eigenvalue weighted by molar-refractivity contribution is 5.95. The number of methoxy groups -OCH3 is 1. The molecular formula is C5H9AlO3. The van der Waals surface area contributed by atoms with E-state index < -0.39 is 5.97 Å². The Kier molecular flexibility index (Phi) is 7.00. The second-order valence-electron chi connectivity index (χ2n) is 1.22. The van der Waals surface area contributed by atoms with Crippen LogP contribution >= 0.6 is 0 Å². The molecule has 3 nitrogen and oxygen atoms in total. The topological polar surface area (TPSA) is 43.4 Å². The summed E-state index contributed by atoms with van der Waals surface area (Å²) < 4.78 is 4.16. The lowest BCUT2D eigenvalue weighted by Gasteiger charge is -1.89. The molecule has 0 aromatic heterocycles. The molecule has 0 fully saturated rings. The van der Waals surface area contributed by atoms with Gasteiger partial charge in [-0.25, -0.2) is 9.59 Å². The Labute approximate surface area is 63.8 Å². The summed E-state index contributed by atoms with van der Waals surface area (Å²) in [6.07, 6.45) is 0. The second kappa shape index (κ2) is 5.59. The molecule has 0 aromatic rings. The van der Waals surface area contributed by atoms with Gasteiger partial charge in [-0.2, -0.15) is 0 Å². The van der Waals surface area contributed by atoms with Crippen molar-refractivity contribution in [2.45, 2.75) is 6.92 Å². The Morgan fingerprint density at radius 3 is 2.11 bits per heavy atom. The molecule has 0 aromatic carbocycles. The van der Waals surface area contributed by atoms with Gasteiger partial charge in [-0.3, -0.25) is 0 Å². The van der Waals surface area contributed by atoms with Crippen LogP contribution in [0.3, 0.4) is 0 Å². The van der Waals surface area contributed by atoms with E-state index >= 15 is 0 Å². The number of rotatable bonds is 1. The van der Waals surface area contributed by atoms with Crippen LogP contribution in [0, 0.1) is 0 Å². The first-order valence-corrected chi connectivity index (χ1v) is 2.02. The first-order chi connectivity index (χ1) is 3.72. The van der Waals surface area contributed by atoms with E-state index in [2.05, 4.69) is 4.74 Å². The van der Waals surface area contributed by atoms with Gasteiger partial charge in [0.15, 0.2) is 17.4 Å². The van der Waals surface area contributed by atoms with E-state index in [9.17, 15) is 9.59 Å². The molecule has 0 bridgehead atoms. The van der Waals surface area contributed by atoms with E-state index in [0.717, 1.165) is 0 Å². The third-order valence-corrected chi connectivity index (χ3v) is 0.645. The van der Waals surface area contributed by atoms with Crippen LogP contribution in [0.1, 0.15) is 6.92 Å². The van der Waals surface area contributed by atoms with E-state index in [1.807, 2.05) is 0 Å². The zero-order valence-corrected chi connectivity index (χ0v) is 4.72. The van der Waals surface area contributed by atoms with Crippen molar-refractivity contribution >= 4 is 29.3 Å². The lowest BCUT2D eigenvalue weighted by Crippen LogP contribution is -2.01. The Hall–Kier alpha value is -0.548. The summed E-state index contributed by atoms with van der Waals surface area (Å²) in [5.41, 5.74) is -0.0347. The fourth-order valence-electron chi connectivity index (χ4n) is 0.195. The number of ether oxygens (including phenoxy) is 1. The zero-order chi connectivity index (χ0) is 6.57. The van der Waals surface area contributed by atoms with Crippen LogP contribution in [0.15, 0.2) is 5.57 Å². The molecule has 0 saturated carbocycles. The summed E-state index contributed by atoms with van der Waals surface area (Å²) >= 11 is 0. The minimum absolute atomic E-state index is 0. The van der Waals surface area contributed by atoms with Gasteiger partial charge in [0.2, 0.25) is 0 Å². The van der Waals surface area contributed by atoms with Gasteiger partial charge in [0.05, 0.1) is 7.11 Å². The molecule has 0 N–H and O–H groups in total. The van der Waals surface area contributed by atoms with Crippen molar-refractivity contribution in [1.29, 1.82) is 0 Å². The number of esters is 1. The van der Waals surface area contributed by atoms with Crippen molar-refractivity contribution in [3.63, 3.8) is 0 Å². The van der Waals surface area contributed by atoms with Gasteiger partial charge in [-0.15, -0.1) is 0 Å². The summed E-state index contributed by atoms with van der Waals surface area (Å²) in [5.74, 6) is 0.783. The molecular weight excluding hydrogens is 135 g/mol. The van der Waals surface area contributed by atoms with E-state index in [4.69, 9.17) is 0 Å². The summed E-state index contributed by atoms with van der Waals surface area (Å²) in [7, 11) is 1.21. The van der Waals surface area contributed by atoms with Crippen molar-refractivity contribution in [2.75, 3.05) is 7.11 Å². The minimum atomic E-state index is -0.625. The van der Waals surface area contributed by atoms with Crippen molar-refractivity contribution in [1.82, 2.24) is 0 Å². The van der Waals surface area contributed by atoms with Crippen LogP contribution in [-0.2, 0) is 14.3 Å². The lowest BCUT2D eigenvalue weighted by molar-refractivity contribution is -0.135. The quantitative estimate of drug-likeness (QED) is 0.200. The number of carbonyl (C=O) groups is 1. The molecule has 0 amide bonds. The molecule has 0 spiro atoms. The summed E-state index contributed by atoms with van der Waals surface area (Å²) in [5, 5.41) is 0. The maximum absolute atomic E-state index is 10.2. The summed E-state index contributed by atoms with van der Waals surface area (Å²) in [6, 6.07) is 0. The Morgan fingerprint density at radius 2 is 2.00 bits per heavy atom. The standard InChI is InChI=1S/C5H6O3.Al.3H/c1-4(3-6)5(7)8-2;;;;/h1-2H3;;;;. The fourth-order valence-corrected chi connectivity index (χ4v) is 0.195. The van der Waals surface area contributed by atoms with E-state index in [0.29, 0.717) is 0 Å². The average Bonchev–Trinajstić information content (AvgIpc) is 1.84. The van der Waals surface area contributed by atoms with Crippen LogP contribution in [0.2, 0.25) is 0 Å². The molecule has 0 heterocycles. The molecule has 0 rings (SSSR count). The van der Waals surface area contributed by atoms with Crippen LogP contribution in [0.4, 0.5) is 0 Å². The smallest absolute Gasteiger partial charge is 0.344 e. The van der Waals surface area contributed by atoms with Crippen molar-refractivity contribution in [2.24, 2.45) is 0 Å². The van der Waals surface area contributed by atoms with Crippen LogP contribution < -0.4 is 0 Å². The third kappa shape index (κ3) is 3.99. The lowest BCUT2D eigenvalue weighted by atomic mass is 10.4. The molecule has 0 aliphatic heterocycles.